The van der Waals surface area contributed by atoms with Crippen LogP contribution in [0.2, 0.25) is 0 Å². The van der Waals surface area contributed by atoms with Crippen LogP contribution in [0.4, 0.5) is 9.52 Å². The third-order valence-electron chi connectivity index (χ3n) is 5.66. The molecular formula is C24H24FN3O5S. The lowest BCUT2D eigenvalue weighted by Crippen LogP contribution is -2.47. The van der Waals surface area contributed by atoms with Gasteiger partial charge in [0, 0.05) is 36.1 Å². The molecular weight excluding hydrogens is 461 g/mol. The van der Waals surface area contributed by atoms with E-state index in [1.807, 2.05) is 19.1 Å². The van der Waals surface area contributed by atoms with Gasteiger partial charge in [-0.3, -0.25) is 4.79 Å². The average Bonchev–Trinajstić information content (AvgIpc) is 3.31. The molecule has 10 heteroatoms. The first-order valence-corrected chi connectivity index (χ1v) is 11.4. The minimum atomic E-state index is -0.770. The second-order valence-electron chi connectivity index (χ2n) is 7.97. The van der Waals surface area contributed by atoms with Crippen molar-refractivity contribution >= 4 is 28.3 Å². The number of hydrogen-bond donors (Lipinski definition) is 2. The van der Waals surface area contributed by atoms with E-state index in [1.165, 1.54) is 37.7 Å². The number of halogens is 1. The molecule has 0 saturated carbocycles. The first kappa shape index (κ1) is 23.7. The summed E-state index contributed by atoms with van der Waals surface area (Å²) in [6, 6.07) is 7.58. The van der Waals surface area contributed by atoms with Crippen LogP contribution in [0.15, 0.2) is 41.9 Å². The summed E-state index contributed by atoms with van der Waals surface area (Å²) in [5.74, 6) is -0.665. The van der Waals surface area contributed by atoms with Crippen LogP contribution in [0.3, 0.4) is 0 Å². The lowest BCUT2D eigenvalue weighted by atomic mass is 9.81. The van der Waals surface area contributed by atoms with Gasteiger partial charge in [-0.25, -0.2) is 14.2 Å². The normalized spacial score (nSPS) is 16.9. The summed E-state index contributed by atoms with van der Waals surface area (Å²) >= 11 is 1.35. The molecule has 0 aliphatic carbocycles. The van der Waals surface area contributed by atoms with Gasteiger partial charge < -0.3 is 24.8 Å². The molecule has 1 aliphatic heterocycles. The highest BCUT2D eigenvalue weighted by Crippen LogP contribution is 2.41. The third-order valence-corrected chi connectivity index (χ3v) is 6.35. The number of hydrogen-bond acceptors (Lipinski definition) is 8. The van der Waals surface area contributed by atoms with Crippen molar-refractivity contribution in [1.29, 1.82) is 0 Å². The third kappa shape index (κ3) is 4.87. The number of anilines is 1. The number of nitrogens with one attached hydrogen (secondary N) is 2. The van der Waals surface area contributed by atoms with Crippen molar-refractivity contribution in [3.05, 3.63) is 64.4 Å². The van der Waals surface area contributed by atoms with Crippen LogP contribution in [-0.2, 0) is 21.5 Å². The number of benzene rings is 2. The zero-order chi connectivity index (χ0) is 24.3. The summed E-state index contributed by atoms with van der Waals surface area (Å²) < 4.78 is 30.4. The second kappa shape index (κ2) is 9.78. The van der Waals surface area contributed by atoms with E-state index in [1.54, 1.807) is 11.6 Å². The Balaban J connectivity index is 1.63. The van der Waals surface area contributed by atoms with E-state index < -0.39 is 17.3 Å². The van der Waals surface area contributed by atoms with Gasteiger partial charge in [0.25, 0.3) is 0 Å². The average molecular weight is 486 g/mol. The molecule has 0 bridgehead atoms. The van der Waals surface area contributed by atoms with E-state index in [-0.39, 0.29) is 23.6 Å². The molecule has 2 N–H and O–H groups in total. The number of carbonyl (C=O) groups excluding carboxylic acids is 2. The summed E-state index contributed by atoms with van der Waals surface area (Å²) in [7, 11) is 2.71. The van der Waals surface area contributed by atoms with Crippen molar-refractivity contribution in [2.45, 2.75) is 25.3 Å². The number of carbonyl (C=O) groups is 2. The standard InChI is InChI=1S/C24H24FN3O5S/c1-24(13-21(29)28-23-26-8-9-34-23)17-12-20(19(31-2)10-14(17)6-7-27-24)33-15-4-5-16(18(25)11-15)22(30)32-3/h4-5,8-12,27H,6-7,13H2,1-3H3,(H,26,28,29)/t24-/m1/s1. The number of aromatic nitrogens is 1. The first-order chi connectivity index (χ1) is 16.3. The maximum atomic E-state index is 14.4. The summed E-state index contributed by atoms with van der Waals surface area (Å²) in [5, 5.41) is 8.60. The van der Waals surface area contributed by atoms with Crippen LogP contribution in [0.25, 0.3) is 0 Å². The number of amides is 1. The van der Waals surface area contributed by atoms with E-state index in [0.29, 0.717) is 23.2 Å². The summed E-state index contributed by atoms with van der Waals surface area (Å²) in [6.07, 6.45) is 2.55. The second-order valence-corrected chi connectivity index (χ2v) is 8.86. The molecule has 34 heavy (non-hydrogen) atoms. The molecule has 8 nitrogen and oxygen atoms in total. The molecule has 1 aliphatic rings. The van der Waals surface area contributed by atoms with Crippen LogP contribution < -0.4 is 20.1 Å². The van der Waals surface area contributed by atoms with Crippen molar-refractivity contribution in [2.75, 3.05) is 26.1 Å². The zero-order valence-corrected chi connectivity index (χ0v) is 19.8. The molecule has 2 heterocycles. The van der Waals surface area contributed by atoms with Gasteiger partial charge in [-0.2, -0.15) is 0 Å². The monoisotopic (exact) mass is 485 g/mol. The summed E-state index contributed by atoms with van der Waals surface area (Å²) in [4.78, 5) is 28.5. The Morgan fingerprint density at radius 2 is 2.06 bits per heavy atom. The number of rotatable bonds is 7. The number of fused-ring (bicyclic) bond motifs is 1. The fourth-order valence-electron chi connectivity index (χ4n) is 4.02. The molecule has 2 aromatic carbocycles. The van der Waals surface area contributed by atoms with Crippen LogP contribution in [0.1, 0.15) is 34.8 Å². The maximum absolute atomic E-state index is 14.4. The molecule has 0 saturated heterocycles. The highest BCUT2D eigenvalue weighted by Gasteiger charge is 2.35. The highest BCUT2D eigenvalue weighted by molar-refractivity contribution is 7.13. The number of methoxy groups -OCH3 is 2. The van der Waals surface area contributed by atoms with Gasteiger partial charge >= 0.3 is 5.97 Å². The quantitative estimate of drug-likeness (QED) is 0.483. The van der Waals surface area contributed by atoms with Crippen molar-refractivity contribution in [1.82, 2.24) is 10.3 Å². The van der Waals surface area contributed by atoms with Crippen molar-refractivity contribution in [3.8, 4) is 17.2 Å². The Morgan fingerprint density at radius 1 is 1.24 bits per heavy atom. The molecule has 0 unspecified atom stereocenters. The Labute approximate surface area is 200 Å². The fourth-order valence-corrected chi connectivity index (χ4v) is 4.56. The molecule has 4 rings (SSSR count). The fraction of sp³-hybridized carbons (Fsp3) is 0.292. The van der Waals surface area contributed by atoms with E-state index in [0.717, 1.165) is 23.6 Å². The molecule has 3 aromatic rings. The van der Waals surface area contributed by atoms with Gasteiger partial charge in [0.15, 0.2) is 16.6 Å². The Hall–Kier alpha value is -3.50. The van der Waals surface area contributed by atoms with Gasteiger partial charge in [-0.1, -0.05) is 0 Å². The van der Waals surface area contributed by atoms with Gasteiger partial charge in [-0.05, 0) is 48.7 Å². The largest absolute Gasteiger partial charge is 0.493 e. The van der Waals surface area contributed by atoms with Gasteiger partial charge in [0.1, 0.15) is 11.6 Å². The maximum Gasteiger partial charge on any atom is 0.340 e. The number of ether oxygens (including phenoxy) is 3. The number of nitrogens with zero attached hydrogens (tertiary/aromatic N) is 1. The van der Waals surface area contributed by atoms with Crippen molar-refractivity contribution < 1.29 is 28.2 Å². The Bertz CT molecular complexity index is 1220. The predicted octanol–water partition coefficient (Wildman–Crippen LogP) is 4.26. The number of esters is 1. The van der Waals surface area contributed by atoms with E-state index in [4.69, 9.17) is 9.47 Å². The van der Waals surface area contributed by atoms with Crippen LogP contribution in [0.5, 0.6) is 17.2 Å². The van der Waals surface area contributed by atoms with Crippen LogP contribution in [-0.4, -0.2) is 37.6 Å². The van der Waals surface area contributed by atoms with Crippen LogP contribution in [0, 0.1) is 5.82 Å². The molecule has 0 fully saturated rings. The lowest BCUT2D eigenvalue weighted by molar-refractivity contribution is -0.117. The summed E-state index contributed by atoms with van der Waals surface area (Å²) in [6.45, 7) is 2.64. The summed E-state index contributed by atoms with van der Waals surface area (Å²) in [5.41, 5.74) is 1.06. The van der Waals surface area contributed by atoms with Gasteiger partial charge in [0.2, 0.25) is 5.91 Å². The number of thiazole rings is 1. The topological polar surface area (TPSA) is 98.8 Å². The highest BCUT2D eigenvalue weighted by atomic mass is 32.1. The van der Waals surface area contributed by atoms with Crippen molar-refractivity contribution in [2.24, 2.45) is 0 Å². The lowest BCUT2D eigenvalue weighted by Gasteiger charge is -2.37. The molecule has 1 amide bonds. The smallest absolute Gasteiger partial charge is 0.340 e. The molecule has 0 radical (unpaired) electrons. The molecule has 1 aromatic heterocycles. The minimum absolute atomic E-state index is 0.170. The predicted molar refractivity (Wildman–Crippen MR) is 125 cm³/mol. The first-order valence-electron chi connectivity index (χ1n) is 10.5. The Kier molecular flexibility index (Phi) is 6.80. The molecule has 0 spiro atoms. The van der Waals surface area contributed by atoms with Gasteiger partial charge in [-0.15, -0.1) is 11.3 Å². The van der Waals surface area contributed by atoms with E-state index in [2.05, 4.69) is 20.4 Å². The molecule has 1 atom stereocenters. The van der Waals surface area contributed by atoms with E-state index >= 15 is 0 Å². The van der Waals surface area contributed by atoms with Crippen LogP contribution >= 0.6 is 11.3 Å². The molecule has 178 valence electrons. The SMILES string of the molecule is COC(=O)c1ccc(Oc2cc3c(cc2OC)CCN[C@]3(C)CC(=O)Nc2nccs2)cc1F. The van der Waals surface area contributed by atoms with E-state index in [9.17, 15) is 14.0 Å². The minimum Gasteiger partial charge on any atom is -0.493 e. The van der Waals surface area contributed by atoms with Gasteiger partial charge in [0.05, 0.1) is 19.8 Å². The zero-order valence-electron chi connectivity index (χ0n) is 18.9. The Morgan fingerprint density at radius 3 is 2.74 bits per heavy atom. The van der Waals surface area contributed by atoms with Crippen molar-refractivity contribution in [3.63, 3.8) is 0 Å².